The van der Waals surface area contributed by atoms with Gasteiger partial charge in [0.2, 0.25) is 0 Å². The average molecular weight is 324 g/mol. The van der Waals surface area contributed by atoms with Gasteiger partial charge in [0.1, 0.15) is 0 Å². The van der Waals surface area contributed by atoms with Gasteiger partial charge < -0.3 is 4.74 Å². The Balaban J connectivity index is 2.19. The predicted molar refractivity (Wildman–Crippen MR) is 71.6 cm³/mol. The first kappa shape index (κ1) is 15.2. The van der Waals surface area contributed by atoms with Crippen molar-refractivity contribution in [1.82, 2.24) is 14.5 Å². The van der Waals surface area contributed by atoms with E-state index in [2.05, 4.69) is 4.90 Å². The predicted octanol–water partition coefficient (Wildman–Crippen LogP) is -1.20. The minimum atomic E-state index is -4.18. The summed E-state index contributed by atoms with van der Waals surface area (Å²) >= 11 is 0. The molecule has 2 heterocycles. The molecule has 0 unspecified atom stereocenters. The van der Waals surface area contributed by atoms with Gasteiger partial charge in [-0.25, -0.2) is 13.2 Å². The number of halogens is 1. The van der Waals surface area contributed by atoms with E-state index >= 15 is 0 Å². The molecule has 1 aromatic rings. The Hall–Kier alpha value is -1.16. The minimum Gasteiger partial charge on any atom is -0.379 e. The monoisotopic (exact) mass is 323 g/mol. The Morgan fingerprint density at radius 2 is 1.90 bits per heavy atom. The number of rotatable bonds is 4. The van der Waals surface area contributed by atoms with E-state index in [1.165, 1.54) is 0 Å². The summed E-state index contributed by atoms with van der Waals surface area (Å²) in [5, 5.41) is 0. The summed E-state index contributed by atoms with van der Waals surface area (Å²) in [6.45, 7) is 3.56. The Morgan fingerprint density at radius 3 is 2.50 bits per heavy atom. The molecule has 0 amide bonds. The highest BCUT2D eigenvalue weighted by Crippen LogP contribution is 2.07. The lowest BCUT2D eigenvalue weighted by Gasteiger charge is -2.26. The molecule has 0 radical (unpaired) electrons. The Labute approximate surface area is 119 Å². The van der Waals surface area contributed by atoms with Gasteiger partial charge in [-0.15, -0.1) is 0 Å². The molecule has 8 nitrogen and oxygen atoms in total. The molecule has 1 aromatic heterocycles. The number of nitrogens with zero attached hydrogens (tertiary/aromatic N) is 2. The Kier molecular flexibility index (Phi) is 4.63. The van der Waals surface area contributed by atoms with E-state index in [1.807, 2.05) is 4.98 Å². The number of ether oxygens (including phenoxy) is 1. The molecule has 1 aliphatic heterocycles. The molecule has 0 aromatic carbocycles. The molecule has 0 saturated carbocycles. The molecule has 0 aliphatic carbocycles. The molecule has 0 spiro atoms. The fourth-order valence-corrected chi connectivity index (χ4v) is 2.76. The summed E-state index contributed by atoms with van der Waals surface area (Å²) in [7, 11) is 0.966. The molecule has 1 fully saturated rings. The van der Waals surface area contributed by atoms with Crippen LogP contribution in [0.5, 0.6) is 0 Å². The van der Waals surface area contributed by atoms with Gasteiger partial charge in [-0.3, -0.25) is 19.2 Å². The van der Waals surface area contributed by atoms with Gasteiger partial charge in [0.25, 0.3) is 14.6 Å². The number of hydrogen-bond donors (Lipinski definition) is 1. The van der Waals surface area contributed by atoms with Crippen LogP contribution in [0.2, 0.25) is 0 Å². The lowest BCUT2D eigenvalue weighted by atomic mass is 10.4. The van der Waals surface area contributed by atoms with Crippen molar-refractivity contribution in [2.24, 2.45) is 0 Å². The van der Waals surface area contributed by atoms with Crippen LogP contribution in [0, 0.1) is 0 Å². The van der Waals surface area contributed by atoms with Crippen molar-refractivity contribution in [3.63, 3.8) is 0 Å². The average Bonchev–Trinajstić information content (AvgIpc) is 2.37. The molecule has 0 bridgehead atoms. The number of aromatic nitrogens is 2. The highest BCUT2D eigenvalue weighted by atomic mass is 35.7. The second kappa shape index (κ2) is 6.08. The van der Waals surface area contributed by atoms with Gasteiger partial charge in [0.05, 0.1) is 13.2 Å². The molecule has 112 valence electrons. The number of hydrogen-bond acceptors (Lipinski definition) is 6. The number of aromatic amines is 1. The largest absolute Gasteiger partial charge is 0.379 e. The van der Waals surface area contributed by atoms with Crippen LogP contribution < -0.4 is 11.2 Å². The summed E-state index contributed by atoms with van der Waals surface area (Å²) in [5.41, 5.74) is -1.67. The standard InChI is InChI=1S/C10H14ClN3O5S/c11-20(17,18)8-7-14(10(16)12-9(8)15)2-1-13-3-5-19-6-4-13/h7H,1-6H2,(H,12,15,16). The van der Waals surface area contributed by atoms with Gasteiger partial charge in [0.15, 0.2) is 4.90 Å². The zero-order valence-electron chi connectivity index (χ0n) is 10.5. The van der Waals surface area contributed by atoms with Gasteiger partial charge in [-0.2, -0.15) is 0 Å². The highest BCUT2D eigenvalue weighted by Gasteiger charge is 2.18. The molecular formula is C10H14ClN3O5S. The molecule has 10 heteroatoms. The fourth-order valence-electron chi connectivity index (χ4n) is 1.90. The maximum Gasteiger partial charge on any atom is 0.328 e. The molecule has 1 aliphatic rings. The molecule has 1 N–H and O–H groups in total. The lowest BCUT2D eigenvalue weighted by molar-refractivity contribution is 0.0362. The first-order valence-electron chi connectivity index (χ1n) is 5.96. The fraction of sp³-hybridized carbons (Fsp3) is 0.600. The first-order valence-corrected chi connectivity index (χ1v) is 8.27. The topological polar surface area (TPSA) is 101 Å². The zero-order valence-corrected chi connectivity index (χ0v) is 12.1. The second-order valence-corrected chi connectivity index (χ2v) is 6.87. The van der Waals surface area contributed by atoms with Crippen molar-refractivity contribution in [3.05, 3.63) is 27.0 Å². The van der Waals surface area contributed by atoms with E-state index in [4.69, 9.17) is 15.4 Å². The smallest absolute Gasteiger partial charge is 0.328 e. The van der Waals surface area contributed by atoms with Crippen molar-refractivity contribution < 1.29 is 13.2 Å². The molecular weight excluding hydrogens is 310 g/mol. The van der Waals surface area contributed by atoms with E-state index in [-0.39, 0.29) is 6.54 Å². The summed E-state index contributed by atoms with van der Waals surface area (Å²) in [6.07, 6.45) is 0.976. The van der Waals surface area contributed by atoms with Crippen LogP contribution in [0.15, 0.2) is 20.7 Å². The third kappa shape index (κ3) is 3.69. The number of H-pyrrole nitrogens is 1. The van der Waals surface area contributed by atoms with E-state index in [9.17, 15) is 18.0 Å². The zero-order chi connectivity index (χ0) is 14.8. The van der Waals surface area contributed by atoms with E-state index in [1.54, 1.807) is 0 Å². The third-order valence-electron chi connectivity index (χ3n) is 3.00. The summed E-state index contributed by atoms with van der Waals surface area (Å²) in [5.74, 6) is 0. The first-order chi connectivity index (χ1) is 9.38. The SMILES string of the molecule is O=c1[nH]c(=O)n(CCN2CCOCC2)cc1S(=O)(=O)Cl. The van der Waals surface area contributed by atoms with Crippen LogP contribution in [0.1, 0.15) is 0 Å². The van der Waals surface area contributed by atoms with Crippen LogP contribution >= 0.6 is 10.7 Å². The van der Waals surface area contributed by atoms with Crippen molar-refractivity contribution in [1.29, 1.82) is 0 Å². The summed E-state index contributed by atoms with van der Waals surface area (Å²) in [6, 6.07) is 0. The van der Waals surface area contributed by atoms with Gasteiger partial charge in [0, 0.05) is 43.1 Å². The maximum absolute atomic E-state index is 11.6. The summed E-state index contributed by atoms with van der Waals surface area (Å²) < 4.78 is 28.8. The van der Waals surface area contributed by atoms with Gasteiger partial charge >= 0.3 is 5.69 Å². The van der Waals surface area contributed by atoms with E-state index in [0.717, 1.165) is 23.9 Å². The number of morpholine rings is 1. The quantitative estimate of drug-likeness (QED) is 0.698. The molecule has 2 rings (SSSR count). The van der Waals surface area contributed by atoms with Crippen LogP contribution in [0.4, 0.5) is 0 Å². The van der Waals surface area contributed by atoms with Crippen molar-refractivity contribution in [3.8, 4) is 0 Å². The summed E-state index contributed by atoms with van der Waals surface area (Å²) in [4.78, 5) is 26.4. The Bertz CT molecular complexity index is 690. The normalized spacial score (nSPS) is 17.2. The van der Waals surface area contributed by atoms with Crippen molar-refractivity contribution in [2.75, 3.05) is 32.8 Å². The van der Waals surface area contributed by atoms with Crippen LogP contribution in [0.25, 0.3) is 0 Å². The maximum atomic E-state index is 11.6. The Morgan fingerprint density at radius 1 is 1.25 bits per heavy atom. The minimum absolute atomic E-state index is 0.259. The van der Waals surface area contributed by atoms with Crippen molar-refractivity contribution in [2.45, 2.75) is 11.4 Å². The third-order valence-corrected chi connectivity index (χ3v) is 4.32. The molecule has 0 atom stereocenters. The number of nitrogens with one attached hydrogen (secondary N) is 1. The molecule has 20 heavy (non-hydrogen) atoms. The van der Waals surface area contributed by atoms with Gasteiger partial charge in [-0.1, -0.05) is 0 Å². The van der Waals surface area contributed by atoms with E-state index < -0.39 is 25.2 Å². The van der Waals surface area contributed by atoms with Crippen LogP contribution in [0.3, 0.4) is 0 Å². The highest BCUT2D eigenvalue weighted by molar-refractivity contribution is 8.13. The second-order valence-electron chi connectivity index (χ2n) is 4.34. The van der Waals surface area contributed by atoms with Crippen LogP contribution in [-0.4, -0.2) is 55.7 Å². The van der Waals surface area contributed by atoms with Crippen LogP contribution in [-0.2, 0) is 20.3 Å². The lowest BCUT2D eigenvalue weighted by Crippen LogP contribution is -2.40. The molecule has 1 saturated heterocycles. The van der Waals surface area contributed by atoms with Gasteiger partial charge in [-0.05, 0) is 0 Å². The van der Waals surface area contributed by atoms with Crippen molar-refractivity contribution >= 4 is 19.7 Å². The van der Waals surface area contributed by atoms with E-state index in [0.29, 0.717) is 19.8 Å².